The third kappa shape index (κ3) is 2.98. The number of rotatable bonds is 4. The molecule has 1 aliphatic rings. The van der Waals surface area contributed by atoms with Gasteiger partial charge >= 0.3 is 0 Å². The zero-order chi connectivity index (χ0) is 13.0. The zero-order valence-corrected chi connectivity index (χ0v) is 10.9. The average Bonchev–Trinajstić information content (AvgIpc) is 2.42. The van der Waals surface area contributed by atoms with Gasteiger partial charge in [-0.1, -0.05) is 37.3 Å². The van der Waals surface area contributed by atoms with Gasteiger partial charge in [-0.15, -0.1) is 0 Å². The third-order valence-electron chi connectivity index (χ3n) is 3.63. The molecule has 2 rings (SSSR count). The number of likely N-dealkylation sites (tertiary alicyclic amines) is 1. The maximum Gasteiger partial charge on any atom is 0.154 e. The van der Waals surface area contributed by atoms with E-state index in [1.807, 2.05) is 37.3 Å². The van der Waals surface area contributed by atoms with Crippen LogP contribution < -0.4 is 0 Å². The number of aliphatic hydroxyl groups is 1. The topological polar surface area (TPSA) is 40.5 Å². The summed E-state index contributed by atoms with van der Waals surface area (Å²) in [7, 11) is 0. The number of hydrogen-bond donors (Lipinski definition) is 1. The maximum atomic E-state index is 12.2. The number of aliphatic hydroxyl groups excluding tert-OH is 1. The quantitative estimate of drug-likeness (QED) is 0.886. The van der Waals surface area contributed by atoms with Gasteiger partial charge in [-0.05, 0) is 18.4 Å². The summed E-state index contributed by atoms with van der Waals surface area (Å²) in [5, 5.41) is 9.56. The van der Waals surface area contributed by atoms with Gasteiger partial charge in [0.15, 0.2) is 5.78 Å². The Bertz CT molecular complexity index is 383. The highest BCUT2D eigenvalue weighted by molar-refractivity contribution is 5.85. The van der Waals surface area contributed by atoms with Crippen molar-refractivity contribution >= 4 is 5.78 Å². The van der Waals surface area contributed by atoms with Crippen LogP contribution >= 0.6 is 0 Å². The summed E-state index contributed by atoms with van der Waals surface area (Å²) in [6.45, 7) is 3.51. The summed E-state index contributed by atoms with van der Waals surface area (Å²) < 4.78 is 0. The number of hydrogen-bond acceptors (Lipinski definition) is 3. The minimum Gasteiger partial charge on any atom is -0.393 e. The molecule has 0 aromatic heterocycles. The molecule has 1 saturated heterocycles. The van der Waals surface area contributed by atoms with Crippen LogP contribution in [0.4, 0.5) is 0 Å². The molecule has 0 saturated carbocycles. The van der Waals surface area contributed by atoms with E-state index in [0.29, 0.717) is 6.42 Å². The van der Waals surface area contributed by atoms with Gasteiger partial charge in [0.25, 0.3) is 0 Å². The Morgan fingerprint density at radius 3 is 2.50 bits per heavy atom. The minimum atomic E-state index is -0.200. The van der Waals surface area contributed by atoms with E-state index in [9.17, 15) is 9.90 Å². The first-order valence-electron chi connectivity index (χ1n) is 6.72. The predicted octanol–water partition coefficient (Wildman–Crippen LogP) is 2.16. The molecule has 0 radical (unpaired) electrons. The fourth-order valence-electron chi connectivity index (χ4n) is 2.57. The van der Waals surface area contributed by atoms with Crippen molar-refractivity contribution < 1.29 is 9.90 Å². The van der Waals surface area contributed by atoms with Crippen molar-refractivity contribution in [2.75, 3.05) is 13.1 Å². The number of carbonyl (C=O) groups excluding carboxylic acids is 1. The average molecular weight is 247 g/mol. The number of nitrogens with zero attached hydrogens (tertiary/aromatic N) is 1. The SMILES string of the molecule is CCC(=O)[C@@H](c1ccccc1)N1CCC(O)CC1. The molecular formula is C15H21NO2. The van der Waals surface area contributed by atoms with Crippen LogP contribution in [0, 0.1) is 0 Å². The Morgan fingerprint density at radius 2 is 1.94 bits per heavy atom. The van der Waals surface area contributed by atoms with E-state index in [1.54, 1.807) is 0 Å². The summed E-state index contributed by atoms with van der Waals surface area (Å²) >= 11 is 0. The normalized spacial score (nSPS) is 19.7. The highest BCUT2D eigenvalue weighted by atomic mass is 16.3. The van der Waals surface area contributed by atoms with Crippen molar-refractivity contribution in [1.82, 2.24) is 4.90 Å². The van der Waals surface area contributed by atoms with Crippen LogP contribution in [-0.4, -0.2) is 35.0 Å². The molecule has 3 heteroatoms. The van der Waals surface area contributed by atoms with Gasteiger partial charge in [0.2, 0.25) is 0 Å². The van der Waals surface area contributed by atoms with Crippen LogP contribution in [0.25, 0.3) is 0 Å². The van der Waals surface area contributed by atoms with Crippen molar-refractivity contribution in [1.29, 1.82) is 0 Å². The van der Waals surface area contributed by atoms with E-state index < -0.39 is 0 Å². The highest BCUT2D eigenvalue weighted by Crippen LogP contribution is 2.26. The molecule has 1 heterocycles. The Labute approximate surface area is 108 Å². The van der Waals surface area contributed by atoms with Crippen LogP contribution in [-0.2, 0) is 4.79 Å². The lowest BCUT2D eigenvalue weighted by Gasteiger charge is -2.35. The van der Waals surface area contributed by atoms with Crippen molar-refractivity contribution in [2.24, 2.45) is 0 Å². The molecule has 1 atom stereocenters. The van der Waals surface area contributed by atoms with Crippen LogP contribution in [0.15, 0.2) is 30.3 Å². The lowest BCUT2D eigenvalue weighted by molar-refractivity contribution is -0.125. The Hall–Kier alpha value is -1.19. The molecule has 1 aromatic rings. The number of ketones is 1. The van der Waals surface area contributed by atoms with Crippen LogP contribution in [0.5, 0.6) is 0 Å². The van der Waals surface area contributed by atoms with E-state index in [4.69, 9.17) is 0 Å². The van der Waals surface area contributed by atoms with Gasteiger partial charge in [0, 0.05) is 19.5 Å². The van der Waals surface area contributed by atoms with Gasteiger partial charge < -0.3 is 5.11 Å². The van der Waals surface area contributed by atoms with E-state index in [2.05, 4.69) is 4.90 Å². The summed E-state index contributed by atoms with van der Waals surface area (Å²) in [5.41, 5.74) is 1.07. The van der Waals surface area contributed by atoms with Crippen LogP contribution in [0.1, 0.15) is 37.8 Å². The molecule has 0 amide bonds. The maximum absolute atomic E-state index is 12.2. The summed E-state index contributed by atoms with van der Waals surface area (Å²) in [5.74, 6) is 0.262. The van der Waals surface area contributed by atoms with Crippen molar-refractivity contribution in [3.63, 3.8) is 0 Å². The molecule has 1 fully saturated rings. The minimum absolute atomic E-state index is 0.135. The molecule has 0 aliphatic carbocycles. The first-order chi connectivity index (χ1) is 8.72. The van der Waals surface area contributed by atoms with Gasteiger partial charge in [-0.2, -0.15) is 0 Å². The smallest absolute Gasteiger partial charge is 0.154 e. The predicted molar refractivity (Wildman–Crippen MR) is 71.3 cm³/mol. The first-order valence-corrected chi connectivity index (χ1v) is 6.72. The van der Waals surface area contributed by atoms with Gasteiger partial charge in [-0.3, -0.25) is 9.69 Å². The molecule has 1 aromatic carbocycles. The Morgan fingerprint density at radius 1 is 1.33 bits per heavy atom. The molecule has 0 spiro atoms. The largest absolute Gasteiger partial charge is 0.393 e. The van der Waals surface area contributed by atoms with E-state index in [1.165, 1.54) is 0 Å². The van der Waals surface area contributed by atoms with Gasteiger partial charge in [-0.25, -0.2) is 0 Å². The molecule has 1 N–H and O–H groups in total. The van der Waals surface area contributed by atoms with E-state index in [0.717, 1.165) is 31.5 Å². The number of benzene rings is 1. The molecule has 1 aliphatic heterocycles. The highest BCUT2D eigenvalue weighted by Gasteiger charge is 2.29. The fraction of sp³-hybridized carbons (Fsp3) is 0.533. The Kier molecular flexibility index (Phi) is 4.50. The van der Waals surface area contributed by atoms with Crippen LogP contribution in [0.3, 0.4) is 0 Å². The van der Waals surface area contributed by atoms with Crippen molar-refractivity contribution in [3.05, 3.63) is 35.9 Å². The molecule has 0 unspecified atom stereocenters. The number of Topliss-reactive ketones (excluding diaryl/α,β-unsaturated/α-hetero) is 1. The van der Waals surface area contributed by atoms with Gasteiger partial charge in [0.05, 0.1) is 12.1 Å². The summed E-state index contributed by atoms with van der Waals surface area (Å²) in [6, 6.07) is 9.82. The molecule has 0 bridgehead atoms. The second kappa shape index (κ2) is 6.12. The van der Waals surface area contributed by atoms with Gasteiger partial charge in [0.1, 0.15) is 0 Å². The Balaban J connectivity index is 2.18. The lowest BCUT2D eigenvalue weighted by Crippen LogP contribution is -2.41. The second-order valence-electron chi connectivity index (χ2n) is 4.90. The molecule has 98 valence electrons. The summed E-state index contributed by atoms with van der Waals surface area (Å²) in [4.78, 5) is 14.4. The molecule has 18 heavy (non-hydrogen) atoms. The monoisotopic (exact) mass is 247 g/mol. The lowest BCUT2D eigenvalue weighted by atomic mass is 9.96. The van der Waals surface area contributed by atoms with E-state index in [-0.39, 0.29) is 17.9 Å². The van der Waals surface area contributed by atoms with Crippen LogP contribution in [0.2, 0.25) is 0 Å². The fourth-order valence-corrected chi connectivity index (χ4v) is 2.57. The zero-order valence-electron chi connectivity index (χ0n) is 10.9. The van der Waals surface area contributed by atoms with Crippen molar-refractivity contribution in [3.8, 4) is 0 Å². The first kappa shape index (κ1) is 13.2. The standard InChI is InChI=1S/C15H21NO2/c1-2-14(18)15(12-6-4-3-5-7-12)16-10-8-13(17)9-11-16/h3-7,13,15,17H,2,8-11H2,1H3/t15-/m1/s1. The summed E-state index contributed by atoms with van der Waals surface area (Å²) in [6.07, 6.45) is 1.88. The number of piperidine rings is 1. The second-order valence-corrected chi connectivity index (χ2v) is 4.90. The number of carbonyl (C=O) groups is 1. The third-order valence-corrected chi connectivity index (χ3v) is 3.63. The van der Waals surface area contributed by atoms with Crippen molar-refractivity contribution in [2.45, 2.75) is 38.3 Å². The molecular weight excluding hydrogens is 226 g/mol. The van der Waals surface area contributed by atoms with E-state index >= 15 is 0 Å². The molecule has 3 nitrogen and oxygen atoms in total.